The molecule has 0 aliphatic carbocycles. The summed E-state index contributed by atoms with van der Waals surface area (Å²) >= 11 is 0. The standard InChI is InChI=1S/C29H28O6/c1-2-3-4-5-9-16-26(31)21-17-18-27(35-29(33)34-23-13-7-6-8-14-23)25(19-21)28(32)24-15-11-10-12-22(24)20-30/h6-8,10-15,17-20H,2-5,9,16H2,1H3. The van der Waals surface area contributed by atoms with Crippen molar-refractivity contribution in [3.63, 3.8) is 0 Å². The number of Topliss-reactive ketones (excluding diaryl/α,β-unsaturated/α-hetero) is 1. The minimum atomic E-state index is -1.02. The molecule has 0 N–H and O–H groups in total. The Kier molecular flexibility index (Phi) is 9.49. The first kappa shape index (κ1) is 25.6. The molecule has 3 aromatic rings. The molecule has 0 radical (unpaired) electrons. The number of ketones is 2. The Bertz CT molecular complexity index is 1180. The lowest BCUT2D eigenvalue weighted by Crippen LogP contribution is -2.17. The molecule has 6 heteroatoms. The fourth-order valence-electron chi connectivity index (χ4n) is 3.65. The van der Waals surface area contributed by atoms with E-state index >= 15 is 0 Å². The molecule has 0 atom stereocenters. The van der Waals surface area contributed by atoms with Crippen LogP contribution >= 0.6 is 0 Å². The highest BCUT2D eigenvalue weighted by Crippen LogP contribution is 2.26. The predicted octanol–water partition coefficient (Wildman–Crippen LogP) is 6.85. The van der Waals surface area contributed by atoms with Crippen molar-refractivity contribution in [1.29, 1.82) is 0 Å². The summed E-state index contributed by atoms with van der Waals surface area (Å²) < 4.78 is 10.5. The Morgan fingerprint density at radius 1 is 0.771 bits per heavy atom. The van der Waals surface area contributed by atoms with Crippen molar-refractivity contribution in [1.82, 2.24) is 0 Å². The van der Waals surface area contributed by atoms with Gasteiger partial charge in [0, 0.05) is 23.1 Å². The van der Waals surface area contributed by atoms with Gasteiger partial charge in [-0.1, -0.05) is 75.1 Å². The first-order valence-corrected chi connectivity index (χ1v) is 11.7. The lowest BCUT2D eigenvalue weighted by atomic mass is 9.95. The van der Waals surface area contributed by atoms with Gasteiger partial charge in [-0.05, 0) is 36.8 Å². The summed E-state index contributed by atoms with van der Waals surface area (Å²) in [4.78, 5) is 50.0. The van der Waals surface area contributed by atoms with Crippen molar-refractivity contribution in [3.05, 3.63) is 95.1 Å². The number of aldehydes is 1. The van der Waals surface area contributed by atoms with Gasteiger partial charge in [0.15, 0.2) is 17.9 Å². The molecule has 35 heavy (non-hydrogen) atoms. The summed E-state index contributed by atoms with van der Waals surface area (Å²) in [5, 5.41) is 0. The van der Waals surface area contributed by atoms with Crippen molar-refractivity contribution in [3.8, 4) is 11.5 Å². The Morgan fingerprint density at radius 2 is 1.49 bits per heavy atom. The second kappa shape index (κ2) is 13.0. The largest absolute Gasteiger partial charge is 0.519 e. The zero-order valence-electron chi connectivity index (χ0n) is 19.7. The van der Waals surface area contributed by atoms with Crippen LogP contribution in [0.1, 0.15) is 82.1 Å². The van der Waals surface area contributed by atoms with Gasteiger partial charge in [-0.25, -0.2) is 4.79 Å². The molecule has 0 spiro atoms. The van der Waals surface area contributed by atoms with E-state index in [0.29, 0.717) is 18.3 Å². The van der Waals surface area contributed by atoms with Crippen LogP contribution in [0.25, 0.3) is 0 Å². The van der Waals surface area contributed by atoms with E-state index < -0.39 is 11.9 Å². The van der Waals surface area contributed by atoms with E-state index in [1.54, 1.807) is 42.5 Å². The Morgan fingerprint density at radius 3 is 2.23 bits per heavy atom. The highest BCUT2D eigenvalue weighted by molar-refractivity contribution is 6.15. The molecule has 0 saturated heterocycles. The van der Waals surface area contributed by atoms with Gasteiger partial charge < -0.3 is 9.47 Å². The van der Waals surface area contributed by atoms with Crippen LogP contribution in [0.2, 0.25) is 0 Å². The number of ether oxygens (including phenoxy) is 2. The number of benzene rings is 3. The topological polar surface area (TPSA) is 86.7 Å². The summed E-state index contributed by atoms with van der Waals surface area (Å²) in [5.41, 5.74) is 0.688. The lowest BCUT2D eigenvalue weighted by molar-refractivity contribution is 0.0978. The average molecular weight is 473 g/mol. The minimum absolute atomic E-state index is 0.00106. The molecule has 0 aromatic heterocycles. The highest BCUT2D eigenvalue weighted by atomic mass is 16.7. The summed E-state index contributed by atoms with van der Waals surface area (Å²) in [6.07, 6.45) is 4.98. The van der Waals surface area contributed by atoms with Gasteiger partial charge in [0.1, 0.15) is 11.5 Å². The molecule has 0 heterocycles. The molecule has 6 nitrogen and oxygen atoms in total. The molecular formula is C29H28O6. The number of unbranched alkanes of at least 4 members (excludes halogenated alkanes) is 4. The van der Waals surface area contributed by atoms with E-state index in [9.17, 15) is 19.2 Å². The Balaban J connectivity index is 1.87. The van der Waals surface area contributed by atoms with Crippen molar-refractivity contribution in [2.75, 3.05) is 0 Å². The fourth-order valence-corrected chi connectivity index (χ4v) is 3.65. The Labute approximate surface area is 204 Å². The molecule has 0 aliphatic heterocycles. The maximum Gasteiger partial charge on any atom is 0.519 e. The van der Waals surface area contributed by atoms with Crippen molar-refractivity contribution in [2.45, 2.75) is 45.4 Å². The van der Waals surface area contributed by atoms with Gasteiger partial charge >= 0.3 is 6.16 Å². The van der Waals surface area contributed by atoms with Gasteiger partial charge in [0.25, 0.3) is 0 Å². The second-order valence-electron chi connectivity index (χ2n) is 8.10. The third kappa shape index (κ3) is 7.21. The molecule has 3 rings (SSSR count). The molecule has 0 unspecified atom stereocenters. The number of rotatable bonds is 12. The highest BCUT2D eigenvalue weighted by Gasteiger charge is 2.22. The summed E-state index contributed by atoms with van der Waals surface area (Å²) in [6.45, 7) is 2.13. The first-order valence-electron chi connectivity index (χ1n) is 11.7. The summed E-state index contributed by atoms with van der Waals surface area (Å²) in [6, 6.07) is 19.1. The smallest absolute Gasteiger partial charge is 0.395 e. The van der Waals surface area contributed by atoms with E-state index in [0.717, 1.165) is 32.1 Å². The van der Waals surface area contributed by atoms with Gasteiger partial charge in [0.05, 0.1) is 5.56 Å². The number of para-hydroxylation sites is 1. The van der Waals surface area contributed by atoms with Crippen LogP contribution in [0.3, 0.4) is 0 Å². The van der Waals surface area contributed by atoms with Crippen LogP contribution in [-0.2, 0) is 0 Å². The van der Waals surface area contributed by atoms with Gasteiger partial charge in [-0.15, -0.1) is 0 Å². The second-order valence-corrected chi connectivity index (χ2v) is 8.10. The maximum absolute atomic E-state index is 13.4. The zero-order chi connectivity index (χ0) is 25.0. The lowest BCUT2D eigenvalue weighted by Gasteiger charge is -2.12. The van der Waals surface area contributed by atoms with Crippen molar-refractivity contribution < 1.29 is 28.7 Å². The van der Waals surface area contributed by atoms with Crippen molar-refractivity contribution >= 4 is 24.0 Å². The summed E-state index contributed by atoms with van der Waals surface area (Å²) in [5.74, 6) is -0.409. The monoisotopic (exact) mass is 472 g/mol. The van der Waals surface area contributed by atoms with Crippen LogP contribution in [0.5, 0.6) is 11.5 Å². The van der Waals surface area contributed by atoms with Crippen LogP contribution in [0.4, 0.5) is 4.79 Å². The number of hydrogen-bond donors (Lipinski definition) is 0. The fraction of sp³-hybridized carbons (Fsp3) is 0.241. The molecule has 0 aliphatic rings. The third-order valence-electron chi connectivity index (χ3n) is 5.52. The van der Waals surface area contributed by atoms with E-state index in [1.807, 2.05) is 0 Å². The zero-order valence-corrected chi connectivity index (χ0v) is 19.7. The molecule has 0 fully saturated rings. The molecule has 0 amide bonds. The van der Waals surface area contributed by atoms with Crippen LogP contribution in [0, 0.1) is 0 Å². The maximum atomic E-state index is 13.4. The predicted molar refractivity (Wildman–Crippen MR) is 133 cm³/mol. The quantitative estimate of drug-likeness (QED) is 0.0942. The van der Waals surface area contributed by atoms with E-state index in [2.05, 4.69) is 6.92 Å². The summed E-state index contributed by atoms with van der Waals surface area (Å²) in [7, 11) is 0. The number of carbonyl (C=O) groups excluding carboxylic acids is 4. The van der Waals surface area contributed by atoms with Gasteiger partial charge in [0.2, 0.25) is 0 Å². The molecule has 0 bridgehead atoms. The Hall–Kier alpha value is -4.06. The van der Waals surface area contributed by atoms with Gasteiger partial charge in [-0.2, -0.15) is 0 Å². The molecular weight excluding hydrogens is 444 g/mol. The third-order valence-corrected chi connectivity index (χ3v) is 5.52. The van der Waals surface area contributed by atoms with Gasteiger partial charge in [-0.3, -0.25) is 14.4 Å². The van der Waals surface area contributed by atoms with Crippen LogP contribution < -0.4 is 9.47 Å². The molecule has 3 aromatic carbocycles. The van der Waals surface area contributed by atoms with Crippen LogP contribution in [0.15, 0.2) is 72.8 Å². The normalized spacial score (nSPS) is 10.4. The van der Waals surface area contributed by atoms with Crippen LogP contribution in [-0.4, -0.2) is 24.0 Å². The number of hydrogen-bond acceptors (Lipinski definition) is 6. The van der Waals surface area contributed by atoms with E-state index in [-0.39, 0.29) is 34.0 Å². The molecule has 180 valence electrons. The van der Waals surface area contributed by atoms with E-state index in [1.165, 1.54) is 30.3 Å². The number of carbonyl (C=O) groups is 4. The van der Waals surface area contributed by atoms with Crippen molar-refractivity contribution in [2.24, 2.45) is 0 Å². The first-order chi connectivity index (χ1) is 17.0. The molecule has 0 saturated carbocycles. The van der Waals surface area contributed by atoms with E-state index in [4.69, 9.17) is 9.47 Å². The minimum Gasteiger partial charge on any atom is -0.395 e. The SMILES string of the molecule is CCCCCCCC(=O)c1ccc(OC(=O)Oc2ccccc2)c(C(=O)c2ccccc2C=O)c1. The average Bonchev–Trinajstić information content (AvgIpc) is 2.88.